The molecule has 0 atom stereocenters. The van der Waals surface area contributed by atoms with Gasteiger partial charge in [0.2, 0.25) is 0 Å². The van der Waals surface area contributed by atoms with Crippen molar-refractivity contribution in [3.05, 3.63) is 30.1 Å². The number of pyridine rings is 1. The summed E-state index contributed by atoms with van der Waals surface area (Å²) in [6.07, 6.45) is 11.8. The van der Waals surface area contributed by atoms with Gasteiger partial charge in [-0.1, -0.05) is 31.7 Å². The maximum absolute atomic E-state index is 6.28. The van der Waals surface area contributed by atoms with E-state index >= 15 is 0 Å². The van der Waals surface area contributed by atoms with Crippen LogP contribution in [0.4, 0.5) is 0 Å². The number of hydrogen-bond acceptors (Lipinski definition) is 3. The summed E-state index contributed by atoms with van der Waals surface area (Å²) in [5.74, 6) is 0. The Hall–Kier alpha value is -0.713. The standard InChI is InChI=1S/C15H25NO2Si/c1-19(2,17-13-14-8-7-11-16-12-14)18-15-9-5-3-4-6-10-15/h7-8,11-12,15H,3-6,9-10,13H2,1-2H3. The molecule has 0 aromatic carbocycles. The van der Waals surface area contributed by atoms with Gasteiger partial charge in [-0.15, -0.1) is 0 Å². The maximum atomic E-state index is 6.28. The molecule has 2 rings (SSSR count). The zero-order chi connectivity index (χ0) is 13.6. The lowest BCUT2D eigenvalue weighted by Gasteiger charge is -2.28. The van der Waals surface area contributed by atoms with Crippen LogP contribution in [0.5, 0.6) is 0 Å². The van der Waals surface area contributed by atoms with Crippen molar-refractivity contribution in [3.63, 3.8) is 0 Å². The second-order valence-corrected chi connectivity index (χ2v) is 9.11. The molecule has 0 spiro atoms. The summed E-state index contributed by atoms with van der Waals surface area (Å²) in [4.78, 5) is 4.11. The Morgan fingerprint density at radius 2 is 1.95 bits per heavy atom. The van der Waals surface area contributed by atoms with Crippen LogP contribution in [0.15, 0.2) is 24.5 Å². The lowest BCUT2D eigenvalue weighted by atomic mass is 10.2. The minimum absolute atomic E-state index is 0.415. The molecule has 1 aliphatic rings. The fourth-order valence-corrected chi connectivity index (χ4v) is 4.16. The Bertz CT molecular complexity index is 362. The maximum Gasteiger partial charge on any atom is 0.332 e. The van der Waals surface area contributed by atoms with Crippen LogP contribution in [0.2, 0.25) is 13.1 Å². The van der Waals surface area contributed by atoms with E-state index in [1.165, 1.54) is 38.5 Å². The third kappa shape index (κ3) is 5.43. The third-order valence-corrected chi connectivity index (χ3v) is 5.30. The van der Waals surface area contributed by atoms with Crippen LogP contribution in [0.1, 0.15) is 44.1 Å². The monoisotopic (exact) mass is 279 g/mol. The third-order valence-electron chi connectivity index (χ3n) is 3.56. The van der Waals surface area contributed by atoms with Gasteiger partial charge in [-0.05, 0) is 37.6 Å². The minimum Gasteiger partial charge on any atom is -0.391 e. The van der Waals surface area contributed by atoms with E-state index in [0.29, 0.717) is 12.7 Å². The summed E-state index contributed by atoms with van der Waals surface area (Å²) < 4.78 is 12.3. The predicted octanol–water partition coefficient (Wildman–Crippen LogP) is 4.04. The highest BCUT2D eigenvalue weighted by atomic mass is 28.4. The largest absolute Gasteiger partial charge is 0.391 e. The zero-order valence-electron chi connectivity index (χ0n) is 12.1. The fraction of sp³-hybridized carbons (Fsp3) is 0.667. The van der Waals surface area contributed by atoms with Crippen molar-refractivity contribution in [1.29, 1.82) is 0 Å². The Balaban J connectivity index is 1.80. The molecule has 0 N–H and O–H groups in total. The summed E-state index contributed by atoms with van der Waals surface area (Å²) in [5, 5.41) is 0. The summed E-state index contributed by atoms with van der Waals surface area (Å²) in [6, 6.07) is 3.99. The molecule has 3 nitrogen and oxygen atoms in total. The molecule has 1 fully saturated rings. The summed E-state index contributed by atoms with van der Waals surface area (Å²) in [7, 11) is -2.02. The number of hydrogen-bond donors (Lipinski definition) is 0. The molecular weight excluding hydrogens is 254 g/mol. The molecule has 1 aromatic heterocycles. The lowest BCUT2D eigenvalue weighted by Crippen LogP contribution is -2.38. The van der Waals surface area contributed by atoms with Gasteiger partial charge in [0.05, 0.1) is 6.61 Å². The van der Waals surface area contributed by atoms with Crippen molar-refractivity contribution in [2.75, 3.05) is 0 Å². The molecule has 4 heteroatoms. The Morgan fingerprint density at radius 3 is 2.58 bits per heavy atom. The minimum atomic E-state index is -2.02. The van der Waals surface area contributed by atoms with Crippen LogP contribution in [0.3, 0.4) is 0 Å². The van der Waals surface area contributed by atoms with Crippen molar-refractivity contribution in [1.82, 2.24) is 4.98 Å². The molecule has 1 heterocycles. The van der Waals surface area contributed by atoms with Crippen molar-refractivity contribution in [2.45, 2.75) is 64.3 Å². The first kappa shape index (κ1) is 14.7. The van der Waals surface area contributed by atoms with Crippen molar-refractivity contribution in [2.24, 2.45) is 0 Å². The summed E-state index contributed by atoms with van der Waals surface area (Å²) in [6.45, 7) is 4.91. The highest BCUT2D eigenvalue weighted by molar-refractivity contribution is 6.64. The molecule has 0 saturated heterocycles. The molecule has 106 valence electrons. The molecule has 0 radical (unpaired) electrons. The quantitative estimate of drug-likeness (QED) is 0.602. The highest BCUT2D eigenvalue weighted by Gasteiger charge is 2.29. The summed E-state index contributed by atoms with van der Waals surface area (Å²) in [5.41, 5.74) is 1.12. The summed E-state index contributed by atoms with van der Waals surface area (Å²) >= 11 is 0. The van der Waals surface area contributed by atoms with Crippen molar-refractivity contribution in [3.8, 4) is 0 Å². The molecule has 0 unspecified atom stereocenters. The van der Waals surface area contributed by atoms with E-state index in [2.05, 4.69) is 18.1 Å². The fourth-order valence-electron chi connectivity index (χ4n) is 2.54. The van der Waals surface area contributed by atoms with Crippen LogP contribution >= 0.6 is 0 Å². The van der Waals surface area contributed by atoms with E-state index in [1.54, 1.807) is 6.20 Å². The Labute approximate surface area is 117 Å². The van der Waals surface area contributed by atoms with Gasteiger partial charge in [-0.2, -0.15) is 0 Å². The molecule has 0 aliphatic heterocycles. The predicted molar refractivity (Wildman–Crippen MR) is 79.1 cm³/mol. The molecule has 19 heavy (non-hydrogen) atoms. The molecule has 0 bridgehead atoms. The van der Waals surface area contributed by atoms with Crippen LogP contribution in [-0.4, -0.2) is 19.6 Å². The van der Waals surface area contributed by atoms with E-state index in [0.717, 1.165) is 5.56 Å². The van der Waals surface area contributed by atoms with Gasteiger partial charge in [0.25, 0.3) is 0 Å². The first-order valence-corrected chi connectivity index (χ1v) is 10.2. The van der Waals surface area contributed by atoms with E-state index in [4.69, 9.17) is 8.85 Å². The molecule has 1 aromatic rings. The Morgan fingerprint density at radius 1 is 1.21 bits per heavy atom. The van der Waals surface area contributed by atoms with Gasteiger partial charge in [0, 0.05) is 18.5 Å². The average Bonchev–Trinajstić information content (AvgIpc) is 2.66. The van der Waals surface area contributed by atoms with Crippen molar-refractivity contribution < 1.29 is 8.85 Å². The van der Waals surface area contributed by atoms with Crippen LogP contribution in [0.25, 0.3) is 0 Å². The smallest absolute Gasteiger partial charge is 0.332 e. The van der Waals surface area contributed by atoms with Gasteiger partial charge < -0.3 is 8.85 Å². The second-order valence-electron chi connectivity index (χ2n) is 5.78. The highest BCUT2D eigenvalue weighted by Crippen LogP contribution is 2.23. The van der Waals surface area contributed by atoms with Gasteiger partial charge >= 0.3 is 8.56 Å². The molecule has 1 aliphatic carbocycles. The number of rotatable bonds is 5. The van der Waals surface area contributed by atoms with Crippen LogP contribution in [0, 0.1) is 0 Å². The van der Waals surface area contributed by atoms with E-state index < -0.39 is 8.56 Å². The lowest BCUT2D eigenvalue weighted by molar-refractivity contribution is 0.105. The van der Waals surface area contributed by atoms with Gasteiger partial charge in [-0.25, -0.2) is 0 Å². The number of aromatic nitrogens is 1. The van der Waals surface area contributed by atoms with Crippen molar-refractivity contribution >= 4 is 8.56 Å². The molecule has 0 amide bonds. The van der Waals surface area contributed by atoms with Gasteiger partial charge in [0.15, 0.2) is 0 Å². The topological polar surface area (TPSA) is 31.4 Å². The molecule has 1 saturated carbocycles. The van der Waals surface area contributed by atoms with Crippen LogP contribution < -0.4 is 0 Å². The van der Waals surface area contributed by atoms with Gasteiger partial charge in [-0.3, -0.25) is 4.98 Å². The van der Waals surface area contributed by atoms with E-state index in [-0.39, 0.29) is 0 Å². The SMILES string of the molecule is C[Si](C)(OCc1cccnc1)OC1CCCCCC1. The van der Waals surface area contributed by atoms with Gasteiger partial charge in [0.1, 0.15) is 0 Å². The first-order chi connectivity index (χ1) is 9.16. The first-order valence-electron chi connectivity index (χ1n) is 7.36. The second kappa shape index (κ2) is 7.17. The van der Waals surface area contributed by atoms with Crippen LogP contribution in [-0.2, 0) is 15.5 Å². The number of nitrogens with zero attached hydrogens (tertiary/aromatic N) is 1. The molecular formula is C15H25NO2Si. The average molecular weight is 279 g/mol. The van der Waals surface area contributed by atoms with E-state index in [1.807, 2.05) is 18.3 Å². The van der Waals surface area contributed by atoms with E-state index in [9.17, 15) is 0 Å². The Kier molecular flexibility index (Phi) is 5.54. The zero-order valence-corrected chi connectivity index (χ0v) is 13.1. The normalized spacial score (nSPS) is 18.2.